The number of allylic oxidation sites excluding steroid dienone is 3. The predicted octanol–water partition coefficient (Wildman–Crippen LogP) is -1.56. The third-order valence-electron chi connectivity index (χ3n) is 3.91. The van der Waals surface area contributed by atoms with Gasteiger partial charge < -0.3 is 40.1 Å². The molecule has 156 valence electrons. The highest BCUT2D eigenvalue weighted by Gasteiger charge is 2.45. The molecule has 0 aromatic rings. The number of unbranched alkanes of at least 4 members (excludes halogenated alkanes) is 1. The van der Waals surface area contributed by atoms with Crippen LogP contribution in [0.2, 0.25) is 0 Å². The molecule has 1 saturated heterocycles. The lowest BCUT2D eigenvalue weighted by atomic mass is 9.99. The van der Waals surface area contributed by atoms with Crippen LogP contribution in [0.15, 0.2) is 24.3 Å². The summed E-state index contributed by atoms with van der Waals surface area (Å²) in [7, 11) is 0. The molecule has 1 aliphatic rings. The summed E-state index contributed by atoms with van der Waals surface area (Å²) in [6.45, 7) is 1.22. The maximum absolute atomic E-state index is 10.3. The second-order valence-corrected chi connectivity index (χ2v) is 6.08. The van der Waals surface area contributed by atoms with Crippen molar-refractivity contribution in [2.45, 2.75) is 62.7 Å². The third kappa shape index (κ3) is 7.72. The molecule has 6 N–H and O–H groups in total. The number of aliphatic hydroxyl groups is 6. The summed E-state index contributed by atoms with van der Waals surface area (Å²) in [4.78, 5) is 0. The van der Waals surface area contributed by atoms with Crippen LogP contribution < -0.4 is 0 Å². The zero-order chi connectivity index (χ0) is 20.9. The molecule has 8 heteroatoms. The molecule has 7 atom stereocenters. The number of aliphatic hydroxyl groups excluding tert-OH is 6. The van der Waals surface area contributed by atoms with Gasteiger partial charge in [0.25, 0.3) is 0 Å². The fourth-order valence-corrected chi connectivity index (χ4v) is 2.35. The highest BCUT2D eigenvalue weighted by Crippen LogP contribution is 2.23. The number of rotatable bonds is 8. The van der Waals surface area contributed by atoms with Gasteiger partial charge in [0.1, 0.15) is 36.6 Å². The normalized spacial score (nSPS) is 29.8. The van der Waals surface area contributed by atoms with E-state index < -0.39 is 49.5 Å². The van der Waals surface area contributed by atoms with E-state index in [1.165, 1.54) is 6.08 Å². The van der Waals surface area contributed by atoms with E-state index in [2.05, 4.69) is 23.7 Å². The molecule has 0 radical (unpaired) electrons. The second kappa shape index (κ2) is 13.5. The molecule has 0 aromatic heterocycles. The van der Waals surface area contributed by atoms with E-state index in [0.29, 0.717) is 12.8 Å². The molecule has 0 aromatic carbocycles. The summed E-state index contributed by atoms with van der Waals surface area (Å²) >= 11 is 0. The zero-order valence-corrected chi connectivity index (χ0v) is 15.7. The van der Waals surface area contributed by atoms with Crippen molar-refractivity contribution >= 4 is 0 Å². The van der Waals surface area contributed by atoms with Gasteiger partial charge in [-0.15, -0.1) is 0 Å². The lowest BCUT2D eigenvalue weighted by Gasteiger charge is -2.40. The topological polar surface area (TPSA) is 140 Å². The first-order chi connectivity index (χ1) is 13.5. The van der Waals surface area contributed by atoms with Crippen LogP contribution in [-0.2, 0) is 9.47 Å². The molecule has 28 heavy (non-hydrogen) atoms. The van der Waals surface area contributed by atoms with Crippen LogP contribution in [0.25, 0.3) is 0 Å². The minimum Gasteiger partial charge on any atom is -0.396 e. The fraction of sp³-hybridized carbons (Fsp3) is 0.600. The second-order valence-electron chi connectivity index (χ2n) is 6.08. The predicted molar refractivity (Wildman–Crippen MR) is 100 cm³/mol. The Hall–Kier alpha value is -1.72. The van der Waals surface area contributed by atoms with Crippen LogP contribution in [0.4, 0.5) is 0 Å². The van der Waals surface area contributed by atoms with Crippen LogP contribution in [0.5, 0.6) is 0 Å². The maximum atomic E-state index is 10.3. The Kier molecular flexibility index (Phi) is 11.7. The molecule has 8 nitrogen and oxygen atoms in total. The van der Waals surface area contributed by atoms with Crippen LogP contribution in [0.3, 0.4) is 0 Å². The van der Waals surface area contributed by atoms with E-state index in [1.54, 1.807) is 25.2 Å². The Bertz CT molecular complexity index is 622. The van der Waals surface area contributed by atoms with Crippen molar-refractivity contribution in [3.63, 3.8) is 0 Å². The SMILES string of the molecule is C/C=C\C#CC#C[C@H](O)[C@H](/C=C\CCCO)O[C@H]1O[C@@H](CO)[C@@H](O)[C@@H](O)[C@H]1O. The summed E-state index contributed by atoms with van der Waals surface area (Å²) in [5.74, 6) is 10.2. The fourth-order valence-electron chi connectivity index (χ4n) is 2.35. The van der Waals surface area contributed by atoms with Gasteiger partial charge in [-0.2, -0.15) is 0 Å². The zero-order valence-electron chi connectivity index (χ0n) is 15.7. The van der Waals surface area contributed by atoms with Crippen LogP contribution in [-0.4, -0.2) is 86.8 Å². The van der Waals surface area contributed by atoms with Gasteiger partial charge in [0.2, 0.25) is 0 Å². The lowest BCUT2D eigenvalue weighted by Crippen LogP contribution is -2.60. The Labute approximate surface area is 164 Å². The van der Waals surface area contributed by atoms with Gasteiger partial charge in [-0.1, -0.05) is 30.1 Å². The van der Waals surface area contributed by atoms with Crippen molar-refractivity contribution in [3.8, 4) is 23.7 Å². The van der Waals surface area contributed by atoms with Gasteiger partial charge in [0.15, 0.2) is 6.29 Å². The minimum absolute atomic E-state index is 0.00543. The quantitative estimate of drug-likeness (QED) is 0.165. The van der Waals surface area contributed by atoms with E-state index in [9.17, 15) is 25.5 Å². The molecule has 0 amide bonds. The Morgan fingerprint density at radius 2 is 1.86 bits per heavy atom. The van der Waals surface area contributed by atoms with Crippen molar-refractivity contribution in [1.29, 1.82) is 0 Å². The minimum atomic E-state index is -1.60. The van der Waals surface area contributed by atoms with Gasteiger partial charge >= 0.3 is 0 Å². The summed E-state index contributed by atoms with van der Waals surface area (Å²) in [6, 6.07) is 0. The van der Waals surface area contributed by atoms with Crippen molar-refractivity contribution in [2.24, 2.45) is 0 Å². The first-order valence-corrected chi connectivity index (χ1v) is 9.00. The summed E-state index contributed by atoms with van der Waals surface area (Å²) in [6.07, 6.45) is -2.07. The molecule has 1 rings (SSSR count). The molecular formula is C20H28O8. The standard InChI is InChI=1S/C20H28O8/c1-2-3-4-5-7-10-14(23)15(11-8-6-9-12-21)27-20-19(26)18(25)17(24)16(13-22)28-20/h2-3,8,11,14-26H,6,9,12-13H2,1H3/b3-2-,11-8-/t14-,15-,16-,17+,18+,19+,20-/m0/s1. The van der Waals surface area contributed by atoms with Crippen LogP contribution in [0.1, 0.15) is 19.8 Å². The Balaban J connectivity index is 2.92. The maximum Gasteiger partial charge on any atom is 0.187 e. The molecule has 0 bridgehead atoms. The monoisotopic (exact) mass is 396 g/mol. The first-order valence-electron chi connectivity index (χ1n) is 9.00. The average Bonchev–Trinajstić information content (AvgIpc) is 2.69. The average molecular weight is 396 g/mol. The van der Waals surface area contributed by atoms with Gasteiger partial charge in [-0.05, 0) is 37.7 Å². The van der Waals surface area contributed by atoms with E-state index in [-0.39, 0.29) is 6.61 Å². The molecule has 0 unspecified atom stereocenters. The number of hydrogen-bond donors (Lipinski definition) is 6. The number of hydrogen-bond acceptors (Lipinski definition) is 8. The van der Waals surface area contributed by atoms with E-state index in [4.69, 9.17) is 14.6 Å². The molecule has 0 saturated carbocycles. The van der Waals surface area contributed by atoms with Gasteiger partial charge in [-0.25, -0.2) is 0 Å². The Morgan fingerprint density at radius 1 is 1.11 bits per heavy atom. The largest absolute Gasteiger partial charge is 0.396 e. The van der Waals surface area contributed by atoms with Crippen molar-refractivity contribution in [1.82, 2.24) is 0 Å². The van der Waals surface area contributed by atoms with Crippen molar-refractivity contribution < 1.29 is 40.1 Å². The molecule has 1 aliphatic heterocycles. The molecule has 0 spiro atoms. The summed E-state index contributed by atoms with van der Waals surface area (Å²) in [5.41, 5.74) is 0. The van der Waals surface area contributed by atoms with E-state index in [0.717, 1.165) is 0 Å². The molecule has 1 heterocycles. The van der Waals surface area contributed by atoms with Gasteiger partial charge in [-0.3, -0.25) is 0 Å². The third-order valence-corrected chi connectivity index (χ3v) is 3.91. The van der Waals surface area contributed by atoms with Crippen LogP contribution in [0, 0.1) is 23.7 Å². The highest BCUT2D eigenvalue weighted by molar-refractivity contribution is 5.32. The van der Waals surface area contributed by atoms with E-state index >= 15 is 0 Å². The summed E-state index contributed by atoms with van der Waals surface area (Å²) in [5, 5.41) is 58.2. The lowest BCUT2D eigenvalue weighted by molar-refractivity contribution is -0.311. The number of ether oxygens (including phenoxy) is 2. The van der Waals surface area contributed by atoms with Crippen LogP contribution >= 0.6 is 0 Å². The molecule has 1 fully saturated rings. The molecule has 0 aliphatic carbocycles. The van der Waals surface area contributed by atoms with Gasteiger partial charge in [0, 0.05) is 6.61 Å². The van der Waals surface area contributed by atoms with E-state index in [1.807, 2.05) is 0 Å². The molecular weight excluding hydrogens is 368 g/mol. The Morgan fingerprint density at radius 3 is 2.50 bits per heavy atom. The van der Waals surface area contributed by atoms with Crippen molar-refractivity contribution in [3.05, 3.63) is 24.3 Å². The highest BCUT2D eigenvalue weighted by atomic mass is 16.7. The van der Waals surface area contributed by atoms with Gasteiger partial charge in [0.05, 0.1) is 6.61 Å². The first kappa shape index (κ1) is 24.3. The summed E-state index contributed by atoms with van der Waals surface area (Å²) < 4.78 is 10.9. The van der Waals surface area contributed by atoms with Crippen molar-refractivity contribution in [2.75, 3.05) is 13.2 Å². The smallest absolute Gasteiger partial charge is 0.187 e.